The number of anilines is 1. The number of nitrogens with zero attached hydrogens (tertiary/aromatic N) is 4. The first-order chi connectivity index (χ1) is 11.3. The van der Waals surface area contributed by atoms with Gasteiger partial charge in [-0.1, -0.05) is 0 Å². The second-order valence-corrected chi connectivity index (χ2v) is 7.07. The van der Waals surface area contributed by atoms with Crippen molar-refractivity contribution in [1.29, 1.82) is 0 Å². The zero-order valence-electron chi connectivity index (χ0n) is 14.0. The third kappa shape index (κ3) is 3.02. The van der Waals surface area contributed by atoms with Gasteiger partial charge in [0, 0.05) is 51.3 Å². The van der Waals surface area contributed by atoms with Crippen molar-refractivity contribution in [2.24, 2.45) is 11.8 Å². The molecule has 1 aromatic rings. The maximum atomic E-state index is 5.79. The molecule has 0 aromatic carbocycles. The van der Waals surface area contributed by atoms with Crippen molar-refractivity contribution >= 4 is 5.82 Å². The van der Waals surface area contributed by atoms with E-state index in [1.54, 1.807) is 13.4 Å². The lowest BCUT2D eigenvalue weighted by Crippen LogP contribution is -2.51. The quantitative estimate of drug-likeness (QED) is 0.818. The molecule has 3 atom stereocenters. The number of piperidine rings is 1. The van der Waals surface area contributed by atoms with E-state index in [-0.39, 0.29) is 0 Å². The summed E-state index contributed by atoms with van der Waals surface area (Å²) in [6.45, 7) is 4.51. The maximum absolute atomic E-state index is 5.79. The predicted molar refractivity (Wildman–Crippen MR) is 87.8 cm³/mol. The smallest absolute Gasteiger partial charge is 0.218 e. The molecule has 4 rings (SSSR count). The van der Waals surface area contributed by atoms with Crippen LogP contribution in [0.1, 0.15) is 19.3 Å². The molecule has 6 nitrogen and oxygen atoms in total. The average molecular weight is 318 g/mol. The van der Waals surface area contributed by atoms with E-state index in [9.17, 15) is 0 Å². The number of methoxy groups -OCH3 is 2. The fraction of sp³-hybridized carbons (Fsp3) is 0.765. The Morgan fingerprint density at radius 3 is 2.78 bits per heavy atom. The Hall–Kier alpha value is -1.40. The first kappa shape index (κ1) is 15.1. The van der Waals surface area contributed by atoms with Gasteiger partial charge in [0.25, 0.3) is 0 Å². The molecule has 0 amide bonds. The molecular formula is C17H26N4O2. The number of ether oxygens (including phenoxy) is 2. The van der Waals surface area contributed by atoms with E-state index >= 15 is 0 Å². The monoisotopic (exact) mass is 318 g/mol. The zero-order valence-corrected chi connectivity index (χ0v) is 14.0. The molecule has 3 heterocycles. The van der Waals surface area contributed by atoms with E-state index in [2.05, 4.69) is 19.8 Å². The third-order valence-corrected chi connectivity index (χ3v) is 5.59. The van der Waals surface area contributed by atoms with Crippen LogP contribution in [0.15, 0.2) is 12.4 Å². The first-order valence-electron chi connectivity index (χ1n) is 8.66. The highest BCUT2D eigenvalue weighted by atomic mass is 16.5. The second kappa shape index (κ2) is 6.24. The van der Waals surface area contributed by atoms with Gasteiger partial charge in [-0.15, -0.1) is 0 Å². The summed E-state index contributed by atoms with van der Waals surface area (Å²) in [6, 6.07) is 2.43. The molecule has 3 aliphatic rings. The summed E-state index contributed by atoms with van der Waals surface area (Å²) in [5.41, 5.74) is 0. The molecule has 126 valence electrons. The number of fused-ring (bicyclic) bond motifs is 1. The maximum Gasteiger partial charge on any atom is 0.218 e. The molecular weight excluding hydrogens is 292 g/mol. The fourth-order valence-electron chi connectivity index (χ4n) is 4.23. The van der Waals surface area contributed by atoms with Crippen molar-refractivity contribution in [3.8, 4) is 5.88 Å². The molecule has 6 heteroatoms. The molecule has 2 saturated heterocycles. The van der Waals surface area contributed by atoms with Crippen LogP contribution in [0.3, 0.4) is 0 Å². The molecule has 0 spiro atoms. The summed E-state index contributed by atoms with van der Waals surface area (Å²) < 4.78 is 11.1. The highest BCUT2D eigenvalue weighted by Crippen LogP contribution is 2.37. The SMILES string of the molecule is COc1cc(N2CC[C@@H](OC)[C@H]3CN(CC4CC4)C[C@H]32)ncn1. The molecule has 2 aliphatic heterocycles. The van der Waals surface area contributed by atoms with E-state index in [4.69, 9.17) is 9.47 Å². The van der Waals surface area contributed by atoms with Crippen LogP contribution in [0.4, 0.5) is 5.82 Å². The summed E-state index contributed by atoms with van der Waals surface area (Å²) in [5.74, 6) is 3.11. The van der Waals surface area contributed by atoms with E-state index in [1.165, 1.54) is 19.4 Å². The van der Waals surface area contributed by atoms with Gasteiger partial charge in [0.2, 0.25) is 5.88 Å². The van der Waals surface area contributed by atoms with Gasteiger partial charge in [0.05, 0.1) is 13.2 Å². The minimum Gasteiger partial charge on any atom is -0.481 e. The molecule has 0 N–H and O–H groups in total. The Morgan fingerprint density at radius 1 is 1.17 bits per heavy atom. The lowest BCUT2D eigenvalue weighted by molar-refractivity contribution is 0.0316. The van der Waals surface area contributed by atoms with Crippen LogP contribution in [0.2, 0.25) is 0 Å². The van der Waals surface area contributed by atoms with Crippen molar-refractivity contribution in [3.05, 3.63) is 12.4 Å². The second-order valence-electron chi connectivity index (χ2n) is 7.07. The summed E-state index contributed by atoms with van der Waals surface area (Å²) in [5, 5.41) is 0. The molecule has 1 saturated carbocycles. The van der Waals surface area contributed by atoms with Crippen LogP contribution in [0, 0.1) is 11.8 Å². The van der Waals surface area contributed by atoms with Crippen LogP contribution in [-0.2, 0) is 4.74 Å². The zero-order chi connectivity index (χ0) is 15.8. The van der Waals surface area contributed by atoms with Crippen LogP contribution in [0.25, 0.3) is 0 Å². The van der Waals surface area contributed by atoms with Gasteiger partial charge in [-0.3, -0.25) is 0 Å². The Balaban J connectivity index is 1.55. The van der Waals surface area contributed by atoms with Gasteiger partial charge < -0.3 is 19.3 Å². The van der Waals surface area contributed by atoms with E-state index < -0.39 is 0 Å². The number of rotatable bonds is 5. The molecule has 0 radical (unpaired) electrons. The molecule has 1 aliphatic carbocycles. The molecule has 0 bridgehead atoms. The standard InChI is InChI=1S/C17H26N4O2/c1-22-15-5-6-21(16-7-17(23-2)19-11-18-16)14-10-20(9-13(14)15)8-12-3-4-12/h7,11-15H,3-6,8-10H2,1-2H3/t13-,14+,15+/m0/s1. The summed E-state index contributed by atoms with van der Waals surface area (Å²) in [4.78, 5) is 13.7. The summed E-state index contributed by atoms with van der Waals surface area (Å²) in [7, 11) is 3.51. The van der Waals surface area contributed by atoms with Gasteiger partial charge in [0.1, 0.15) is 12.1 Å². The van der Waals surface area contributed by atoms with Crippen LogP contribution >= 0.6 is 0 Å². The summed E-state index contributed by atoms with van der Waals surface area (Å²) in [6.07, 6.45) is 5.84. The van der Waals surface area contributed by atoms with Crippen molar-refractivity contribution < 1.29 is 9.47 Å². The fourth-order valence-corrected chi connectivity index (χ4v) is 4.23. The van der Waals surface area contributed by atoms with Crippen molar-refractivity contribution in [1.82, 2.24) is 14.9 Å². The van der Waals surface area contributed by atoms with Gasteiger partial charge in [-0.05, 0) is 25.2 Å². The van der Waals surface area contributed by atoms with Gasteiger partial charge in [0.15, 0.2) is 0 Å². The lowest BCUT2D eigenvalue weighted by Gasteiger charge is -2.41. The summed E-state index contributed by atoms with van der Waals surface area (Å²) >= 11 is 0. The van der Waals surface area contributed by atoms with Gasteiger partial charge >= 0.3 is 0 Å². The van der Waals surface area contributed by atoms with Crippen LogP contribution in [0.5, 0.6) is 5.88 Å². The number of hydrogen-bond acceptors (Lipinski definition) is 6. The molecule has 0 unspecified atom stereocenters. The number of aromatic nitrogens is 2. The van der Waals surface area contributed by atoms with Crippen LogP contribution in [-0.4, -0.2) is 67.4 Å². The highest BCUT2D eigenvalue weighted by molar-refractivity contribution is 5.43. The van der Waals surface area contributed by atoms with Crippen molar-refractivity contribution in [2.75, 3.05) is 45.3 Å². The Morgan fingerprint density at radius 2 is 2.04 bits per heavy atom. The normalized spacial score (nSPS) is 31.2. The number of likely N-dealkylation sites (tertiary alicyclic amines) is 1. The van der Waals surface area contributed by atoms with Crippen LogP contribution < -0.4 is 9.64 Å². The first-order valence-corrected chi connectivity index (χ1v) is 8.66. The predicted octanol–water partition coefficient (Wildman–Crippen LogP) is 1.42. The molecule has 1 aromatic heterocycles. The molecule has 3 fully saturated rings. The van der Waals surface area contributed by atoms with E-state index in [1.807, 2.05) is 13.2 Å². The third-order valence-electron chi connectivity index (χ3n) is 5.59. The lowest BCUT2D eigenvalue weighted by atomic mass is 9.89. The van der Waals surface area contributed by atoms with Gasteiger partial charge in [-0.2, -0.15) is 0 Å². The van der Waals surface area contributed by atoms with Crippen molar-refractivity contribution in [3.63, 3.8) is 0 Å². The van der Waals surface area contributed by atoms with E-state index in [0.717, 1.165) is 37.8 Å². The van der Waals surface area contributed by atoms with E-state index in [0.29, 0.717) is 23.9 Å². The topological polar surface area (TPSA) is 50.7 Å². The average Bonchev–Trinajstić information content (AvgIpc) is 3.30. The minimum absolute atomic E-state index is 0.365. The Kier molecular flexibility index (Phi) is 4.11. The Labute approximate surface area is 137 Å². The largest absolute Gasteiger partial charge is 0.481 e. The Bertz CT molecular complexity index is 551. The minimum atomic E-state index is 0.365. The highest BCUT2D eigenvalue weighted by Gasteiger charge is 2.45. The molecule has 23 heavy (non-hydrogen) atoms. The van der Waals surface area contributed by atoms with Gasteiger partial charge in [-0.25, -0.2) is 9.97 Å². The van der Waals surface area contributed by atoms with Crippen molar-refractivity contribution in [2.45, 2.75) is 31.4 Å². The number of hydrogen-bond donors (Lipinski definition) is 0.